The van der Waals surface area contributed by atoms with Gasteiger partial charge in [-0.15, -0.1) is 0 Å². The van der Waals surface area contributed by atoms with Crippen LogP contribution in [0.4, 0.5) is 5.69 Å². The normalized spacial score (nSPS) is 15.4. The molecule has 4 nitrogen and oxygen atoms in total. The molecule has 0 radical (unpaired) electrons. The number of pyridine rings is 1. The van der Waals surface area contributed by atoms with Crippen molar-refractivity contribution in [3.05, 3.63) is 24.0 Å². The van der Waals surface area contributed by atoms with Crippen LogP contribution in [0.25, 0.3) is 0 Å². The molecule has 1 saturated carbocycles. The Morgan fingerprint density at radius 2 is 2.38 bits per heavy atom. The smallest absolute Gasteiger partial charge is 0.267 e. The van der Waals surface area contributed by atoms with E-state index in [0.29, 0.717) is 11.7 Å². The van der Waals surface area contributed by atoms with E-state index in [1.54, 1.807) is 12.3 Å². The number of nitrogens with zero attached hydrogens (tertiary/aromatic N) is 1. The van der Waals surface area contributed by atoms with Crippen molar-refractivity contribution >= 4 is 11.6 Å². The summed E-state index contributed by atoms with van der Waals surface area (Å²) in [5.74, 6) is -0.487. The van der Waals surface area contributed by atoms with Crippen LogP contribution in [0.15, 0.2) is 18.3 Å². The summed E-state index contributed by atoms with van der Waals surface area (Å²) >= 11 is 0. The molecule has 0 bridgehead atoms. The molecule has 2 rings (SSSR count). The molecule has 0 spiro atoms. The van der Waals surface area contributed by atoms with Gasteiger partial charge in [0.05, 0.1) is 0 Å². The Morgan fingerprint density at radius 3 is 3.00 bits per heavy atom. The Bertz CT molecular complexity index is 333. The average Bonchev–Trinajstić information content (AvgIpc) is 2.89. The van der Waals surface area contributed by atoms with Gasteiger partial charge in [0, 0.05) is 17.9 Å². The highest BCUT2D eigenvalue weighted by molar-refractivity contribution is 5.91. The number of carbonyl (C=O) groups excluding carboxylic acids is 1. The molecule has 4 heteroatoms. The summed E-state index contributed by atoms with van der Waals surface area (Å²) in [6.07, 6.45) is 3.99. The second-order valence-electron chi connectivity index (χ2n) is 3.21. The van der Waals surface area contributed by atoms with Crippen molar-refractivity contribution in [3.8, 4) is 0 Å². The first-order valence-corrected chi connectivity index (χ1v) is 4.28. The number of nitrogens with one attached hydrogen (secondary N) is 1. The minimum Gasteiger partial charge on any atom is -0.382 e. The van der Waals surface area contributed by atoms with Gasteiger partial charge in [-0.2, -0.15) is 0 Å². The molecule has 3 N–H and O–H groups in total. The maximum absolute atomic E-state index is 10.8. The second kappa shape index (κ2) is 3.05. The van der Waals surface area contributed by atoms with Crippen LogP contribution in [-0.2, 0) is 0 Å². The largest absolute Gasteiger partial charge is 0.382 e. The first-order chi connectivity index (χ1) is 6.25. The summed E-state index contributed by atoms with van der Waals surface area (Å²) in [4.78, 5) is 14.6. The molecule has 0 aromatic carbocycles. The van der Waals surface area contributed by atoms with E-state index in [-0.39, 0.29) is 0 Å². The van der Waals surface area contributed by atoms with Crippen molar-refractivity contribution < 1.29 is 4.79 Å². The molecular formula is C9H11N3O. The molecular weight excluding hydrogens is 166 g/mol. The van der Waals surface area contributed by atoms with Crippen molar-refractivity contribution in [2.75, 3.05) is 5.32 Å². The predicted octanol–water partition coefficient (Wildman–Crippen LogP) is 0.755. The van der Waals surface area contributed by atoms with Crippen molar-refractivity contribution in [2.24, 2.45) is 5.73 Å². The fourth-order valence-electron chi connectivity index (χ4n) is 1.12. The molecule has 1 aromatic rings. The van der Waals surface area contributed by atoms with E-state index in [9.17, 15) is 4.79 Å². The fraction of sp³-hybridized carbons (Fsp3) is 0.333. The van der Waals surface area contributed by atoms with Crippen molar-refractivity contribution in [3.63, 3.8) is 0 Å². The maximum atomic E-state index is 10.8. The molecule has 0 atom stereocenters. The Hall–Kier alpha value is -1.58. The molecule has 68 valence electrons. The summed E-state index contributed by atoms with van der Waals surface area (Å²) in [5, 5.41) is 3.26. The van der Waals surface area contributed by atoms with Crippen LogP contribution in [0, 0.1) is 0 Å². The minimum absolute atomic E-state index is 0.311. The summed E-state index contributed by atoms with van der Waals surface area (Å²) in [6.45, 7) is 0. The van der Waals surface area contributed by atoms with Crippen molar-refractivity contribution in [1.82, 2.24) is 4.98 Å². The lowest BCUT2D eigenvalue weighted by Crippen LogP contribution is -2.13. The third-order valence-electron chi connectivity index (χ3n) is 1.96. The number of aromatic nitrogens is 1. The van der Waals surface area contributed by atoms with E-state index in [4.69, 9.17) is 5.73 Å². The zero-order chi connectivity index (χ0) is 9.26. The third kappa shape index (κ3) is 1.96. The highest BCUT2D eigenvalue weighted by atomic mass is 16.1. The van der Waals surface area contributed by atoms with E-state index in [0.717, 1.165) is 5.69 Å². The highest BCUT2D eigenvalue weighted by Gasteiger charge is 2.20. The highest BCUT2D eigenvalue weighted by Crippen LogP contribution is 2.24. The van der Waals surface area contributed by atoms with Crippen LogP contribution in [0.5, 0.6) is 0 Å². The zero-order valence-electron chi connectivity index (χ0n) is 7.16. The lowest BCUT2D eigenvalue weighted by Gasteiger charge is -2.03. The summed E-state index contributed by atoms with van der Waals surface area (Å²) in [6, 6.07) is 4.09. The van der Waals surface area contributed by atoms with E-state index in [2.05, 4.69) is 10.3 Å². The molecule has 0 saturated heterocycles. The molecule has 1 amide bonds. The number of rotatable bonds is 3. The van der Waals surface area contributed by atoms with E-state index in [1.807, 2.05) is 6.07 Å². The average molecular weight is 177 g/mol. The molecule has 1 fully saturated rings. The van der Waals surface area contributed by atoms with Gasteiger partial charge in [-0.3, -0.25) is 9.78 Å². The monoisotopic (exact) mass is 177 g/mol. The van der Waals surface area contributed by atoms with Crippen molar-refractivity contribution in [1.29, 1.82) is 0 Å². The number of hydrogen-bond acceptors (Lipinski definition) is 3. The Morgan fingerprint density at radius 1 is 1.62 bits per heavy atom. The lowest BCUT2D eigenvalue weighted by molar-refractivity contribution is 0.0995. The zero-order valence-corrected chi connectivity index (χ0v) is 7.16. The summed E-state index contributed by atoms with van der Waals surface area (Å²) in [7, 11) is 0. The number of primary amides is 1. The molecule has 0 unspecified atom stereocenters. The van der Waals surface area contributed by atoms with Gasteiger partial charge in [0.1, 0.15) is 5.69 Å². The number of anilines is 1. The van der Waals surface area contributed by atoms with Gasteiger partial charge in [0.15, 0.2) is 0 Å². The van der Waals surface area contributed by atoms with Crippen LogP contribution in [0.2, 0.25) is 0 Å². The van der Waals surface area contributed by atoms with Crippen LogP contribution in [-0.4, -0.2) is 16.9 Å². The number of amides is 1. The van der Waals surface area contributed by atoms with Crippen LogP contribution in [0.1, 0.15) is 23.3 Å². The van der Waals surface area contributed by atoms with E-state index < -0.39 is 5.91 Å². The summed E-state index contributed by atoms with van der Waals surface area (Å²) < 4.78 is 0. The first-order valence-electron chi connectivity index (χ1n) is 4.28. The Labute approximate surface area is 76.2 Å². The van der Waals surface area contributed by atoms with E-state index >= 15 is 0 Å². The lowest BCUT2D eigenvalue weighted by atomic mass is 10.3. The van der Waals surface area contributed by atoms with Gasteiger partial charge in [-0.05, 0) is 25.0 Å². The van der Waals surface area contributed by atoms with Gasteiger partial charge >= 0.3 is 0 Å². The van der Waals surface area contributed by atoms with Gasteiger partial charge in [-0.25, -0.2) is 0 Å². The Kier molecular flexibility index (Phi) is 1.88. The maximum Gasteiger partial charge on any atom is 0.267 e. The number of hydrogen-bond donors (Lipinski definition) is 2. The minimum atomic E-state index is -0.487. The second-order valence-corrected chi connectivity index (χ2v) is 3.21. The number of nitrogens with two attached hydrogens (primary N) is 1. The van der Waals surface area contributed by atoms with Gasteiger partial charge in [-0.1, -0.05) is 0 Å². The predicted molar refractivity (Wildman–Crippen MR) is 49.4 cm³/mol. The fourth-order valence-corrected chi connectivity index (χ4v) is 1.12. The standard InChI is InChI=1S/C9H11N3O/c10-9(13)8-5-7(3-4-11-8)12-6-1-2-6/h3-6H,1-2H2,(H2,10,13)(H,11,12). The molecule has 1 aliphatic rings. The van der Waals surface area contributed by atoms with Crippen molar-refractivity contribution in [2.45, 2.75) is 18.9 Å². The molecule has 1 aromatic heterocycles. The molecule has 0 aliphatic heterocycles. The SMILES string of the molecule is NC(=O)c1cc(NC2CC2)ccn1. The van der Waals surface area contributed by atoms with E-state index in [1.165, 1.54) is 12.8 Å². The van der Waals surface area contributed by atoms with Gasteiger partial charge in [0.25, 0.3) is 5.91 Å². The molecule has 13 heavy (non-hydrogen) atoms. The van der Waals surface area contributed by atoms with Crippen LogP contribution < -0.4 is 11.1 Å². The molecule has 1 aliphatic carbocycles. The quantitative estimate of drug-likeness (QED) is 0.716. The number of carbonyl (C=O) groups is 1. The van der Waals surface area contributed by atoms with Crippen LogP contribution in [0.3, 0.4) is 0 Å². The van der Waals surface area contributed by atoms with Gasteiger partial charge < -0.3 is 11.1 Å². The topological polar surface area (TPSA) is 68.0 Å². The third-order valence-corrected chi connectivity index (χ3v) is 1.96. The van der Waals surface area contributed by atoms with Crippen LogP contribution >= 0.6 is 0 Å². The first kappa shape index (κ1) is 8.04. The molecule has 1 heterocycles. The van der Waals surface area contributed by atoms with Gasteiger partial charge in [0.2, 0.25) is 0 Å². The Balaban J connectivity index is 2.15. The summed E-state index contributed by atoms with van der Waals surface area (Å²) in [5.41, 5.74) is 6.33.